The molecule has 17 heteroatoms. The number of piperazine rings is 2. The van der Waals surface area contributed by atoms with Gasteiger partial charge in [-0.15, -0.1) is 22.7 Å². The number of fused-ring (bicyclic) bond motifs is 4. The Bertz CT molecular complexity index is 3290. The fourth-order valence-electron chi connectivity index (χ4n) is 11.2. The van der Waals surface area contributed by atoms with E-state index >= 15 is 0 Å². The average molecular weight is 1210 g/mol. The molecule has 0 bridgehead atoms. The number of likely N-dealkylation sites (tertiary alicyclic amines) is 2. The number of anilines is 2. The fraction of sp³-hybridized carbons (Fsp3) is 0.452. The normalized spacial score (nSPS) is 16.6. The summed E-state index contributed by atoms with van der Waals surface area (Å²) in [6.07, 6.45) is 17.7. The fourth-order valence-corrected chi connectivity index (χ4v) is 13.3. The van der Waals surface area contributed by atoms with Crippen LogP contribution >= 0.6 is 45.3 Å². The molecule has 0 aliphatic carbocycles. The Balaban J connectivity index is 0.000000170. The van der Waals surface area contributed by atoms with Crippen molar-refractivity contribution in [3.05, 3.63) is 107 Å². The Labute approximate surface area is 487 Å². The lowest BCUT2D eigenvalue weighted by molar-refractivity contribution is 0.0647. The van der Waals surface area contributed by atoms with E-state index in [-0.39, 0.29) is 11.8 Å². The number of pyridine rings is 4. The summed E-state index contributed by atoms with van der Waals surface area (Å²) in [4.78, 5) is 58.0. The number of rotatable bonds is 15. The largest absolute Gasteiger partial charge is 0.384 e. The van der Waals surface area contributed by atoms with Crippen molar-refractivity contribution >= 4 is 110 Å². The summed E-state index contributed by atoms with van der Waals surface area (Å²) in [7, 11) is 0. The number of carbonyl (C=O) groups excluding carboxylic acids is 2. The molecule has 6 aromatic heterocycles. The standard InChI is InChI=1S/C31H38N6OS.C29H34N6OS.C2H5I/c1-2-35-15-17-37(18-16-35)31(38)30-20-24-8-7-23(19-29(24)39-30)27-21-28(25-22-32-11-9-26(25)34-27)33-10-6-14-36-12-4-3-5-13-36;36-29(35-15-10-30-11-16-35)28-18-22-6-5-21(17-27(22)37-28)25-19-26(23-20-31-9-7-24(23)33-25)32-8-4-14-34-12-2-1-3-13-34;1-2-3/h7-9,11,19-22H,2-6,10,12-18H2,1H3,(H,33,34);5-7,9,17-20,30H,1-4,8,10-16H2,(H,32,33);2H2,1H3. The second-order valence-electron chi connectivity index (χ2n) is 21.0. The van der Waals surface area contributed by atoms with E-state index in [1.807, 2.05) is 46.5 Å². The molecule has 0 unspecified atom stereocenters. The van der Waals surface area contributed by atoms with Crippen molar-refractivity contribution in [3.8, 4) is 22.5 Å². The number of thiophene rings is 2. The second kappa shape index (κ2) is 28.3. The molecule has 4 aliphatic rings. The Morgan fingerprint density at radius 1 is 0.557 bits per heavy atom. The molecule has 2 aromatic carbocycles. The van der Waals surface area contributed by atoms with Crippen LogP contribution in [0.3, 0.4) is 0 Å². The Morgan fingerprint density at radius 2 is 1.01 bits per heavy atom. The number of benzene rings is 2. The molecule has 0 radical (unpaired) electrons. The second-order valence-corrected chi connectivity index (χ2v) is 24.7. The number of carbonyl (C=O) groups is 2. The number of hydrogen-bond acceptors (Lipinski definition) is 14. The van der Waals surface area contributed by atoms with Gasteiger partial charge < -0.3 is 40.4 Å². The van der Waals surface area contributed by atoms with Crippen LogP contribution in [0.1, 0.15) is 84.6 Å². The van der Waals surface area contributed by atoms with Gasteiger partial charge >= 0.3 is 0 Å². The molecule has 3 N–H and O–H groups in total. The molecule has 2 amide bonds. The third-order valence-electron chi connectivity index (χ3n) is 15.6. The minimum Gasteiger partial charge on any atom is -0.384 e. The number of likely N-dealkylation sites (N-methyl/N-ethyl adjacent to an activating group) is 1. The predicted molar refractivity (Wildman–Crippen MR) is 339 cm³/mol. The summed E-state index contributed by atoms with van der Waals surface area (Å²) in [6.45, 7) is 21.2. The zero-order valence-electron chi connectivity index (χ0n) is 46.2. The van der Waals surface area contributed by atoms with Crippen LogP contribution in [0.4, 0.5) is 11.4 Å². The van der Waals surface area contributed by atoms with Gasteiger partial charge in [-0.3, -0.25) is 19.6 Å². The Morgan fingerprint density at radius 3 is 1.47 bits per heavy atom. The zero-order valence-corrected chi connectivity index (χ0v) is 49.9. The van der Waals surface area contributed by atoms with Gasteiger partial charge in [0.05, 0.1) is 32.2 Å². The van der Waals surface area contributed by atoms with Crippen LogP contribution in [0.5, 0.6) is 0 Å². The quantitative estimate of drug-likeness (QED) is 0.0512. The van der Waals surface area contributed by atoms with Gasteiger partial charge in [0, 0.05) is 133 Å². The number of amides is 2. The molecule has 416 valence electrons. The minimum atomic E-state index is 0.136. The number of aromatic nitrogens is 4. The molecule has 4 saturated heterocycles. The maximum absolute atomic E-state index is 13.2. The lowest BCUT2D eigenvalue weighted by atomic mass is 10.1. The SMILES string of the molecule is CCI.CCN1CCN(C(=O)c2cc3ccc(-c4cc(NCCCN5CCCCC5)c5cnccc5n4)cc3s2)CC1.O=C(c1cc2ccc(-c3cc(NCCCN4CCCCC4)c4cnccc4n3)cc2s1)N1CCNCC1. The maximum atomic E-state index is 13.2. The van der Waals surface area contributed by atoms with Crippen LogP contribution < -0.4 is 16.0 Å². The molecule has 0 saturated carbocycles. The van der Waals surface area contributed by atoms with E-state index in [0.29, 0.717) is 0 Å². The number of nitrogens with one attached hydrogen (secondary N) is 3. The first-order valence-electron chi connectivity index (χ1n) is 28.9. The van der Waals surface area contributed by atoms with Crippen molar-refractivity contribution in [1.82, 2.24) is 49.8 Å². The highest BCUT2D eigenvalue weighted by molar-refractivity contribution is 14.1. The van der Waals surface area contributed by atoms with Gasteiger partial charge in [-0.25, -0.2) is 9.97 Å². The van der Waals surface area contributed by atoms with Crippen LogP contribution in [0.15, 0.2) is 97.6 Å². The number of piperidine rings is 2. The molecule has 79 heavy (non-hydrogen) atoms. The number of nitrogens with zero attached hydrogens (tertiary/aromatic N) is 9. The molecule has 14 nitrogen and oxygen atoms in total. The predicted octanol–water partition coefficient (Wildman–Crippen LogP) is 11.9. The molecule has 12 rings (SSSR count). The highest BCUT2D eigenvalue weighted by atomic mass is 127. The number of hydrogen-bond donors (Lipinski definition) is 3. The lowest BCUT2D eigenvalue weighted by Gasteiger charge is -2.33. The van der Waals surface area contributed by atoms with Crippen LogP contribution in [-0.2, 0) is 0 Å². The van der Waals surface area contributed by atoms with E-state index in [1.165, 1.54) is 69.1 Å². The Kier molecular flexibility index (Phi) is 20.4. The molecule has 4 aliphatic heterocycles. The summed E-state index contributed by atoms with van der Waals surface area (Å²) >= 11 is 5.45. The van der Waals surface area contributed by atoms with Crippen LogP contribution in [-0.4, -0.2) is 172 Å². The smallest absolute Gasteiger partial charge is 0.264 e. The topological polar surface area (TPSA) is 138 Å². The van der Waals surface area contributed by atoms with Gasteiger partial charge in [0.25, 0.3) is 11.8 Å². The summed E-state index contributed by atoms with van der Waals surface area (Å²) in [6, 6.07) is 25.2. The first kappa shape index (κ1) is 56.8. The van der Waals surface area contributed by atoms with Crippen molar-refractivity contribution in [1.29, 1.82) is 0 Å². The van der Waals surface area contributed by atoms with E-state index in [0.717, 1.165) is 184 Å². The van der Waals surface area contributed by atoms with E-state index in [1.54, 1.807) is 35.1 Å². The van der Waals surface area contributed by atoms with E-state index in [9.17, 15) is 9.59 Å². The first-order chi connectivity index (χ1) is 38.8. The highest BCUT2D eigenvalue weighted by Gasteiger charge is 2.24. The monoisotopic (exact) mass is 1210 g/mol. The number of alkyl halides is 1. The third-order valence-corrected chi connectivity index (χ3v) is 17.8. The summed E-state index contributed by atoms with van der Waals surface area (Å²) < 4.78 is 3.46. The molecule has 0 atom stereocenters. The molecule has 4 fully saturated rings. The molecule has 0 spiro atoms. The summed E-state index contributed by atoms with van der Waals surface area (Å²) in [5.41, 5.74) is 8.03. The highest BCUT2D eigenvalue weighted by Crippen LogP contribution is 2.36. The van der Waals surface area contributed by atoms with E-state index in [2.05, 4.69) is 126 Å². The minimum absolute atomic E-state index is 0.136. The Hall–Kier alpha value is -5.41. The lowest BCUT2D eigenvalue weighted by Crippen LogP contribution is -2.48. The summed E-state index contributed by atoms with van der Waals surface area (Å²) in [5, 5.41) is 15.0. The van der Waals surface area contributed by atoms with Crippen LogP contribution in [0.2, 0.25) is 0 Å². The molecular weight excluding hydrogens is 1140 g/mol. The van der Waals surface area contributed by atoms with E-state index in [4.69, 9.17) is 9.97 Å². The molecule has 8 aromatic rings. The van der Waals surface area contributed by atoms with Gasteiger partial charge in [-0.05, 0) is 148 Å². The molecule has 10 heterocycles. The van der Waals surface area contributed by atoms with Crippen molar-refractivity contribution < 1.29 is 9.59 Å². The van der Waals surface area contributed by atoms with Crippen molar-refractivity contribution in [2.45, 2.75) is 65.2 Å². The van der Waals surface area contributed by atoms with Gasteiger partial charge in [-0.2, -0.15) is 0 Å². The average Bonchev–Trinajstić information content (AvgIpc) is 4.25. The van der Waals surface area contributed by atoms with Gasteiger partial charge in [0.2, 0.25) is 0 Å². The van der Waals surface area contributed by atoms with Gasteiger partial charge in [-0.1, -0.05) is 73.5 Å². The van der Waals surface area contributed by atoms with Crippen molar-refractivity contribution in [2.75, 3.05) is 126 Å². The van der Waals surface area contributed by atoms with Gasteiger partial charge in [0.15, 0.2) is 0 Å². The van der Waals surface area contributed by atoms with Crippen molar-refractivity contribution in [3.63, 3.8) is 0 Å². The summed E-state index contributed by atoms with van der Waals surface area (Å²) in [5.74, 6) is 0.289. The maximum Gasteiger partial charge on any atom is 0.264 e. The van der Waals surface area contributed by atoms with Gasteiger partial charge in [0.1, 0.15) is 0 Å². The first-order valence-corrected chi connectivity index (χ1v) is 32.1. The molecular formula is C62H77IN12O2S2. The van der Waals surface area contributed by atoms with Crippen LogP contribution in [0.25, 0.3) is 64.5 Å². The third kappa shape index (κ3) is 14.8. The van der Waals surface area contributed by atoms with E-state index < -0.39 is 0 Å². The van der Waals surface area contributed by atoms with Crippen molar-refractivity contribution in [2.24, 2.45) is 0 Å². The zero-order chi connectivity index (χ0) is 54.3. The van der Waals surface area contributed by atoms with Crippen LogP contribution in [0, 0.1) is 0 Å². The number of halogens is 1.